The van der Waals surface area contributed by atoms with Gasteiger partial charge in [0, 0.05) is 25.0 Å². The molecule has 0 radical (unpaired) electrons. The van der Waals surface area contributed by atoms with Crippen LogP contribution in [0.3, 0.4) is 0 Å². The molecule has 1 aliphatic rings. The van der Waals surface area contributed by atoms with Crippen LogP contribution in [0.15, 0.2) is 9.42 Å². The summed E-state index contributed by atoms with van der Waals surface area (Å²) in [4.78, 5) is 13.8. The van der Waals surface area contributed by atoms with Crippen molar-refractivity contribution in [2.75, 3.05) is 13.1 Å². The maximum atomic E-state index is 12.4. The zero-order valence-corrected chi connectivity index (χ0v) is 14.2. The lowest BCUT2D eigenvalue weighted by Crippen LogP contribution is -2.47. The third-order valence-electron chi connectivity index (χ3n) is 3.86. The molecule has 1 saturated heterocycles. The van der Waals surface area contributed by atoms with Crippen molar-refractivity contribution in [1.82, 2.24) is 14.8 Å². The van der Waals surface area contributed by atoms with Gasteiger partial charge >= 0.3 is 0 Å². The van der Waals surface area contributed by atoms with E-state index in [4.69, 9.17) is 4.52 Å². The van der Waals surface area contributed by atoms with E-state index in [0.29, 0.717) is 31.6 Å². The van der Waals surface area contributed by atoms with Gasteiger partial charge in [-0.2, -0.15) is 0 Å². The van der Waals surface area contributed by atoms with Crippen molar-refractivity contribution in [2.45, 2.75) is 51.5 Å². The Kier molecular flexibility index (Phi) is 4.91. The minimum Gasteiger partial charge on any atom is -0.360 e. The molecule has 0 unspecified atom stereocenters. The number of piperidine rings is 1. The number of nitrogens with one attached hydrogen (secondary N) is 1. The molecule has 8 heteroatoms. The van der Waals surface area contributed by atoms with Crippen molar-refractivity contribution < 1.29 is 17.7 Å². The minimum atomic E-state index is -3.64. The summed E-state index contributed by atoms with van der Waals surface area (Å²) in [5, 5.41) is 3.68. The fourth-order valence-electron chi connectivity index (χ4n) is 2.72. The van der Waals surface area contributed by atoms with Crippen LogP contribution in [0.25, 0.3) is 0 Å². The molecule has 22 heavy (non-hydrogen) atoms. The van der Waals surface area contributed by atoms with Gasteiger partial charge in [-0.25, -0.2) is 13.1 Å². The predicted molar refractivity (Wildman–Crippen MR) is 80.7 cm³/mol. The van der Waals surface area contributed by atoms with Gasteiger partial charge in [-0.15, -0.1) is 0 Å². The molecule has 2 heterocycles. The normalized spacial score (nSPS) is 17.2. The van der Waals surface area contributed by atoms with Crippen molar-refractivity contribution >= 4 is 15.9 Å². The predicted octanol–water partition coefficient (Wildman–Crippen LogP) is 1.22. The number of carbonyl (C=O) groups excluding carboxylic acids is 1. The third-order valence-corrected chi connectivity index (χ3v) is 5.62. The summed E-state index contributed by atoms with van der Waals surface area (Å²) in [6, 6.07) is -0.171. The molecular formula is C14H23N3O4S. The lowest BCUT2D eigenvalue weighted by molar-refractivity contribution is -0.135. The molecule has 1 aromatic heterocycles. The number of rotatable bonds is 4. The van der Waals surface area contributed by atoms with Gasteiger partial charge in [-0.1, -0.05) is 19.0 Å². The first-order chi connectivity index (χ1) is 10.2. The van der Waals surface area contributed by atoms with E-state index in [9.17, 15) is 13.2 Å². The van der Waals surface area contributed by atoms with Gasteiger partial charge in [-0.3, -0.25) is 4.79 Å². The second-order valence-corrected chi connectivity index (χ2v) is 7.68. The van der Waals surface area contributed by atoms with Crippen molar-refractivity contribution in [3.63, 3.8) is 0 Å². The highest BCUT2D eigenvalue weighted by Crippen LogP contribution is 2.21. The zero-order chi connectivity index (χ0) is 16.5. The van der Waals surface area contributed by atoms with Crippen molar-refractivity contribution in [3.8, 4) is 0 Å². The molecule has 0 aliphatic carbocycles. The molecule has 1 fully saturated rings. The van der Waals surface area contributed by atoms with E-state index in [-0.39, 0.29) is 28.5 Å². The van der Waals surface area contributed by atoms with Gasteiger partial charge in [0.25, 0.3) is 0 Å². The Morgan fingerprint density at radius 3 is 2.36 bits per heavy atom. The molecule has 2 rings (SSSR count). The molecular weight excluding hydrogens is 306 g/mol. The highest BCUT2D eigenvalue weighted by atomic mass is 32.2. The van der Waals surface area contributed by atoms with Crippen LogP contribution in [0.4, 0.5) is 0 Å². The Labute approximate surface area is 131 Å². The van der Waals surface area contributed by atoms with Gasteiger partial charge in [0.1, 0.15) is 10.6 Å². The molecule has 7 nitrogen and oxygen atoms in total. The maximum absolute atomic E-state index is 12.4. The van der Waals surface area contributed by atoms with Crippen LogP contribution < -0.4 is 4.72 Å². The number of amides is 1. The second kappa shape index (κ2) is 6.37. The summed E-state index contributed by atoms with van der Waals surface area (Å²) in [6.45, 7) is 8.08. The molecule has 1 aromatic rings. The van der Waals surface area contributed by atoms with E-state index in [1.54, 1.807) is 18.7 Å². The molecule has 0 bridgehead atoms. The summed E-state index contributed by atoms with van der Waals surface area (Å²) >= 11 is 0. The van der Waals surface area contributed by atoms with E-state index in [2.05, 4.69) is 9.88 Å². The van der Waals surface area contributed by atoms with Gasteiger partial charge in [-0.05, 0) is 26.7 Å². The Morgan fingerprint density at radius 2 is 1.91 bits per heavy atom. The molecule has 0 atom stereocenters. The lowest BCUT2D eigenvalue weighted by atomic mass is 10.0. The van der Waals surface area contributed by atoms with Crippen molar-refractivity contribution in [3.05, 3.63) is 11.5 Å². The summed E-state index contributed by atoms with van der Waals surface area (Å²) in [6.07, 6.45) is 1.22. The number of aryl methyl sites for hydroxylation is 2. The van der Waals surface area contributed by atoms with Crippen LogP contribution in [0, 0.1) is 19.8 Å². The largest absolute Gasteiger partial charge is 0.360 e. The average molecular weight is 329 g/mol. The number of likely N-dealkylation sites (tertiary alicyclic amines) is 1. The van der Waals surface area contributed by atoms with Crippen LogP contribution in [0.5, 0.6) is 0 Å². The van der Waals surface area contributed by atoms with E-state index >= 15 is 0 Å². The van der Waals surface area contributed by atoms with Crippen LogP contribution in [-0.4, -0.2) is 43.5 Å². The minimum absolute atomic E-state index is 0.0319. The number of nitrogens with zero attached hydrogens (tertiary/aromatic N) is 2. The highest BCUT2D eigenvalue weighted by molar-refractivity contribution is 7.89. The Morgan fingerprint density at radius 1 is 1.32 bits per heavy atom. The molecule has 1 N–H and O–H groups in total. The molecule has 0 saturated carbocycles. The van der Waals surface area contributed by atoms with Crippen LogP contribution >= 0.6 is 0 Å². The lowest BCUT2D eigenvalue weighted by Gasteiger charge is -2.33. The molecule has 1 aliphatic heterocycles. The first kappa shape index (κ1) is 17.0. The Balaban J connectivity index is 2.00. The van der Waals surface area contributed by atoms with E-state index in [1.165, 1.54) is 0 Å². The molecule has 1 amide bonds. The van der Waals surface area contributed by atoms with Gasteiger partial charge in [0.15, 0.2) is 5.76 Å². The number of hydrogen-bond donors (Lipinski definition) is 1. The highest BCUT2D eigenvalue weighted by Gasteiger charge is 2.30. The second-order valence-electron chi connectivity index (χ2n) is 6.03. The van der Waals surface area contributed by atoms with Crippen LogP contribution in [0.2, 0.25) is 0 Å². The number of carbonyl (C=O) groups is 1. The van der Waals surface area contributed by atoms with Gasteiger partial charge in [0.2, 0.25) is 15.9 Å². The number of sulfonamides is 1. The topological polar surface area (TPSA) is 92.5 Å². The van der Waals surface area contributed by atoms with Crippen LogP contribution in [0.1, 0.15) is 38.1 Å². The summed E-state index contributed by atoms with van der Waals surface area (Å²) in [7, 11) is -3.64. The summed E-state index contributed by atoms with van der Waals surface area (Å²) < 4.78 is 32.5. The maximum Gasteiger partial charge on any atom is 0.246 e. The quantitative estimate of drug-likeness (QED) is 0.896. The van der Waals surface area contributed by atoms with E-state index in [0.717, 1.165) is 0 Å². The third kappa shape index (κ3) is 3.49. The first-order valence-corrected chi connectivity index (χ1v) is 8.94. The van der Waals surface area contributed by atoms with Crippen molar-refractivity contribution in [2.24, 2.45) is 5.92 Å². The molecule has 124 valence electrons. The Bertz CT molecular complexity index is 624. The first-order valence-electron chi connectivity index (χ1n) is 7.46. The molecule has 0 aromatic carbocycles. The molecule has 0 spiro atoms. The fourth-order valence-corrected chi connectivity index (χ4v) is 4.35. The standard InChI is InChI=1S/C14H23N3O4S/c1-9(2)14(18)17-7-5-12(6-8-17)16-22(19,20)13-10(3)15-21-11(13)4/h9,12,16H,5-8H2,1-4H3. The van der Waals surface area contributed by atoms with Gasteiger partial charge in [0.05, 0.1) is 0 Å². The smallest absolute Gasteiger partial charge is 0.246 e. The fraction of sp³-hybridized carbons (Fsp3) is 0.714. The number of aromatic nitrogens is 1. The average Bonchev–Trinajstić information content (AvgIpc) is 2.78. The summed E-state index contributed by atoms with van der Waals surface area (Å²) in [5.74, 6) is 0.375. The zero-order valence-electron chi connectivity index (χ0n) is 13.4. The van der Waals surface area contributed by atoms with E-state index in [1.807, 2.05) is 13.8 Å². The van der Waals surface area contributed by atoms with Gasteiger partial charge < -0.3 is 9.42 Å². The summed E-state index contributed by atoms with van der Waals surface area (Å²) in [5.41, 5.74) is 0.359. The van der Waals surface area contributed by atoms with Crippen molar-refractivity contribution in [1.29, 1.82) is 0 Å². The van der Waals surface area contributed by atoms with E-state index < -0.39 is 10.0 Å². The Hall–Kier alpha value is -1.41. The SMILES string of the molecule is Cc1noc(C)c1S(=O)(=O)NC1CCN(C(=O)C(C)C)CC1. The monoisotopic (exact) mass is 329 g/mol. The van der Waals surface area contributed by atoms with Crippen LogP contribution in [-0.2, 0) is 14.8 Å². The number of hydrogen-bond acceptors (Lipinski definition) is 5.